The van der Waals surface area contributed by atoms with Gasteiger partial charge in [0.05, 0.1) is 0 Å². The average molecular weight is 194 g/mol. The number of carbonyl (C=O) groups is 1. The normalized spacial score (nSPS) is 16.1. The van der Waals surface area contributed by atoms with Gasteiger partial charge in [-0.3, -0.25) is 5.32 Å². The third-order valence-corrected chi connectivity index (χ3v) is 1.59. The van der Waals surface area contributed by atoms with Gasteiger partial charge in [-0.1, -0.05) is 12.2 Å². The molecule has 1 amide bonds. The van der Waals surface area contributed by atoms with Crippen molar-refractivity contribution in [3.63, 3.8) is 0 Å². The molecule has 0 aromatic heterocycles. The van der Waals surface area contributed by atoms with Gasteiger partial charge in [0.15, 0.2) is 0 Å². The highest BCUT2D eigenvalue weighted by Gasteiger charge is 2.16. The summed E-state index contributed by atoms with van der Waals surface area (Å²) >= 11 is 0. The van der Waals surface area contributed by atoms with Crippen LogP contribution in [-0.4, -0.2) is 11.7 Å². The number of allylic oxidation sites excluding steroid dienone is 4. The second kappa shape index (κ2) is 4.31. The van der Waals surface area contributed by atoms with E-state index in [1.807, 2.05) is 32.9 Å². The van der Waals surface area contributed by atoms with Crippen molar-refractivity contribution in [1.82, 2.24) is 5.32 Å². The number of ether oxygens (including phenoxy) is 1. The summed E-state index contributed by atoms with van der Waals surface area (Å²) in [7, 11) is 0. The minimum atomic E-state index is -0.449. The van der Waals surface area contributed by atoms with Crippen LogP contribution in [0.15, 0.2) is 17.8 Å². The third-order valence-electron chi connectivity index (χ3n) is 1.59. The Kier molecular flexibility index (Phi) is 3.33. The van der Waals surface area contributed by atoms with Gasteiger partial charge in [-0.05, 0) is 33.6 Å². The van der Waals surface area contributed by atoms with Gasteiger partial charge in [0.25, 0.3) is 0 Å². The van der Waals surface area contributed by atoms with Crippen molar-refractivity contribution >= 4 is 6.09 Å². The van der Waals surface area contributed by atoms with E-state index in [1.54, 1.807) is 0 Å². The molecule has 0 saturated carbocycles. The van der Waals surface area contributed by atoms with E-state index in [-0.39, 0.29) is 0 Å². The number of alkyl carbamates (subject to hydrolysis) is 1. The standard InChI is InChI=1S/C11H16NO2/c1-11(2,3)14-10(13)12-9-7-5-4-6-8-9/h4-5H,6,8H2,1-3H3,(H,12,13). The van der Waals surface area contributed by atoms with Crippen molar-refractivity contribution in [3.8, 4) is 0 Å². The summed E-state index contributed by atoms with van der Waals surface area (Å²) in [6.45, 7) is 5.52. The SMILES string of the molecule is CC(C)(C)OC(=O)NC1=[C]C=CCC1. The topological polar surface area (TPSA) is 38.3 Å². The molecular weight excluding hydrogens is 178 g/mol. The molecule has 1 rings (SSSR count). The molecule has 0 aromatic carbocycles. The maximum Gasteiger partial charge on any atom is 0.411 e. The van der Waals surface area contributed by atoms with Crippen molar-refractivity contribution in [2.45, 2.75) is 39.2 Å². The molecule has 0 bridgehead atoms. The van der Waals surface area contributed by atoms with Crippen molar-refractivity contribution in [1.29, 1.82) is 0 Å². The molecule has 0 fully saturated rings. The molecule has 0 atom stereocenters. The number of nitrogens with one attached hydrogen (secondary N) is 1. The summed E-state index contributed by atoms with van der Waals surface area (Å²) in [4.78, 5) is 11.3. The molecule has 1 radical (unpaired) electrons. The maximum atomic E-state index is 11.3. The van der Waals surface area contributed by atoms with Crippen LogP contribution in [0.1, 0.15) is 33.6 Å². The van der Waals surface area contributed by atoms with Crippen LogP contribution in [0.5, 0.6) is 0 Å². The molecule has 14 heavy (non-hydrogen) atoms. The minimum absolute atomic E-state index is 0.407. The van der Waals surface area contributed by atoms with Gasteiger partial charge >= 0.3 is 6.09 Å². The molecule has 0 aromatic rings. The van der Waals surface area contributed by atoms with E-state index in [1.165, 1.54) is 0 Å². The Bertz CT molecular complexity index is 272. The van der Waals surface area contributed by atoms with Crippen LogP contribution in [0.3, 0.4) is 0 Å². The smallest absolute Gasteiger partial charge is 0.411 e. The fraction of sp³-hybridized carbons (Fsp3) is 0.545. The minimum Gasteiger partial charge on any atom is -0.444 e. The van der Waals surface area contributed by atoms with Gasteiger partial charge in [0, 0.05) is 11.8 Å². The van der Waals surface area contributed by atoms with Crippen LogP contribution in [0, 0.1) is 6.08 Å². The summed E-state index contributed by atoms with van der Waals surface area (Å²) in [6, 6.07) is 0. The zero-order valence-electron chi connectivity index (χ0n) is 8.89. The molecule has 0 saturated heterocycles. The van der Waals surface area contributed by atoms with Crippen LogP contribution >= 0.6 is 0 Å². The fourth-order valence-electron chi connectivity index (χ4n) is 1.07. The highest BCUT2D eigenvalue weighted by Crippen LogP contribution is 2.10. The van der Waals surface area contributed by atoms with Crippen molar-refractivity contribution in [2.24, 2.45) is 0 Å². The lowest BCUT2D eigenvalue weighted by molar-refractivity contribution is 0.0544. The number of hydrogen-bond donors (Lipinski definition) is 1. The van der Waals surface area contributed by atoms with E-state index < -0.39 is 11.7 Å². The van der Waals surface area contributed by atoms with Crippen molar-refractivity contribution in [3.05, 3.63) is 23.9 Å². The van der Waals surface area contributed by atoms with Crippen molar-refractivity contribution in [2.75, 3.05) is 0 Å². The zero-order chi connectivity index (χ0) is 10.6. The van der Waals surface area contributed by atoms with E-state index in [0.717, 1.165) is 18.5 Å². The highest BCUT2D eigenvalue weighted by atomic mass is 16.6. The average Bonchev–Trinajstić information content (AvgIpc) is 2.02. The Hall–Kier alpha value is -1.25. The molecule has 0 heterocycles. The molecule has 77 valence electrons. The number of carbonyl (C=O) groups excluding carboxylic acids is 1. The van der Waals surface area contributed by atoms with Crippen LogP contribution < -0.4 is 5.32 Å². The van der Waals surface area contributed by atoms with E-state index in [9.17, 15) is 4.79 Å². The second-order valence-electron chi connectivity index (χ2n) is 4.19. The highest BCUT2D eigenvalue weighted by molar-refractivity contribution is 5.69. The second-order valence-corrected chi connectivity index (χ2v) is 4.19. The van der Waals surface area contributed by atoms with Gasteiger partial charge in [-0.15, -0.1) is 0 Å². The Labute approximate surface area is 84.8 Å². The Morgan fingerprint density at radius 3 is 2.79 bits per heavy atom. The van der Waals surface area contributed by atoms with Crippen molar-refractivity contribution < 1.29 is 9.53 Å². The first-order chi connectivity index (χ1) is 6.47. The Morgan fingerprint density at radius 2 is 2.29 bits per heavy atom. The lowest BCUT2D eigenvalue weighted by Gasteiger charge is -2.20. The van der Waals surface area contributed by atoms with Gasteiger partial charge in [-0.2, -0.15) is 0 Å². The van der Waals surface area contributed by atoms with Crippen LogP contribution in [0.4, 0.5) is 4.79 Å². The molecule has 0 unspecified atom stereocenters. The number of amides is 1. The summed E-state index contributed by atoms with van der Waals surface area (Å²) in [5.41, 5.74) is 0.344. The zero-order valence-corrected chi connectivity index (χ0v) is 8.89. The van der Waals surface area contributed by atoms with Crippen LogP contribution in [0.25, 0.3) is 0 Å². The van der Waals surface area contributed by atoms with Gasteiger partial charge in [0.2, 0.25) is 0 Å². The summed E-state index contributed by atoms with van der Waals surface area (Å²) in [5.74, 6) is 0. The summed E-state index contributed by atoms with van der Waals surface area (Å²) in [5, 5.41) is 2.67. The molecule has 0 spiro atoms. The first kappa shape index (κ1) is 10.8. The summed E-state index contributed by atoms with van der Waals surface area (Å²) < 4.78 is 5.11. The lowest BCUT2D eigenvalue weighted by Crippen LogP contribution is -2.32. The first-order valence-corrected chi connectivity index (χ1v) is 4.75. The van der Waals surface area contributed by atoms with Gasteiger partial charge in [0.1, 0.15) is 5.60 Å². The Morgan fingerprint density at radius 1 is 1.57 bits per heavy atom. The largest absolute Gasteiger partial charge is 0.444 e. The first-order valence-electron chi connectivity index (χ1n) is 4.75. The van der Waals surface area contributed by atoms with E-state index in [4.69, 9.17) is 4.74 Å². The molecular formula is C11H16NO2. The number of rotatable bonds is 1. The summed E-state index contributed by atoms with van der Waals surface area (Å²) in [6.07, 6.45) is 8.14. The monoisotopic (exact) mass is 194 g/mol. The third kappa shape index (κ3) is 4.12. The van der Waals surface area contributed by atoms with Crippen LogP contribution in [0.2, 0.25) is 0 Å². The fourth-order valence-corrected chi connectivity index (χ4v) is 1.07. The van der Waals surface area contributed by atoms with E-state index >= 15 is 0 Å². The molecule has 1 aliphatic rings. The molecule has 0 aliphatic heterocycles. The molecule has 3 heteroatoms. The van der Waals surface area contributed by atoms with E-state index in [0.29, 0.717) is 0 Å². The van der Waals surface area contributed by atoms with Gasteiger partial charge in [-0.25, -0.2) is 4.79 Å². The Balaban J connectivity index is 2.41. The number of hydrogen-bond acceptors (Lipinski definition) is 2. The molecule has 3 nitrogen and oxygen atoms in total. The van der Waals surface area contributed by atoms with Gasteiger partial charge < -0.3 is 4.74 Å². The predicted octanol–water partition coefficient (Wildman–Crippen LogP) is 2.55. The predicted molar refractivity (Wildman–Crippen MR) is 54.5 cm³/mol. The lowest BCUT2D eigenvalue weighted by atomic mass is 10.1. The molecule has 1 N–H and O–H groups in total. The quantitative estimate of drug-likeness (QED) is 0.696. The molecule has 1 aliphatic carbocycles. The van der Waals surface area contributed by atoms with Crippen LogP contribution in [-0.2, 0) is 4.74 Å². The van der Waals surface area contributed by atoms with E-state index in [2.05, 4.69) is 11.4 Å². The maximum absolute atomic E-state index is 11.3.